The highest BCUT2D eigenvalue weighted by Gasteiger charge is 2.07. The van der Waals surface area contributed by atoms with Gasteiger partial charge in [0.25, 0.3) is 0 Å². The van der Waals surface area contributed by atoms with Crippen molar-refractivity contribution in [2.24, 2.45) is 0 Å². The van der Waals surface area contributed by atoms with Crippen LogP contribution in [-0.2, 0) is 6.54 Å². The van der Waals surface area contributed by atoms with Crippen LogP contribution in [0.4, 0.5) is 0 Å². The van der Waals surface area contributed by atoms with E-state index in [-0.39, 0.29) is 6.54 Å². The summed E-state index contributed by atoms with van der Waals surface area (Å²) < 4.78 is 6.56. The van der Waals surface area contributed by atoms with Crippen LogP contribution in [0.3, 0.4) is 0 Å². The monoisotopic (exact) mass is 278 g/mol. The molecule has 1 aromatic heterocycles. The summed E-state index contributed by atoms with van der Waals surface area (Å²) in [7, 11) is 1.53. The molecule has 0 aliphatic rings. The van der Waals surface area contributed by atoms with Gasteiger partial charge in [-0.05, 0) is 18.2 Å². The van der Waals surface area contributed by atoms with Gasteiger partial charge in [-0.2, -0.15) is 0 Å². The average Bonchev–Trinajstić information content (AvgIpc) is 2.42. The highest BCUT2D eigenvalue weighted by atomic mass is 35.5. The molecule has 0 bridgehead atoms. The Morgan fingerprint density at radius 1 is 1.47 bits per heavy atom. The summed E-state index contributed by atoms with van der Waals surface area (Å²) in [5.41, 5.74) is 0.806. The van der Waals surface area contributed by atoms with E-state index in [2.05, 4.69) is 4.98 Å². The summed E-state index contributed by atoms with van der Waals surface area (Å²) in [5.74, 6) is 0.595. The summed E-state index contributed by atoms with van der Waals surface area (Å²) >= 11 is 5.81. The van der Waals surface area contributed by atoms with E-state index < -0.39 is 5.69 Å². The van der Waals surface area contributed by atoms with Crippen molar-refractivity contribution in [3.05, 3.63) is 57.2 Å². The molecule has 5 nitrogen and oxygen atoms in total. The van der Waals surface area contributed by atoms with E-state index in [1.807, 2.05) is 0 Å². The fourth-order valence-electron chi connectivity index (χ4n) is 1.72. The molecule has 0 saturated carbocycles. The smallest absolute Gasteiger partial charge is 0.347 e. The minimum Gasteiger partial charge on any atom is -0.496 e. The van der Waals surface area contributed by atoms with Crippen LogP contribution >= 0.6 is 11.6 Å². The number of hydrogen-bond donors (Lipinski definition) is 0. The van der Waals surface area contributed by atoms with Crippen LogP contribution in [-0.4, -0.2) is 22.9 Å². The zero-order chi connectivity index (χ0) is 13.8. The third-order valence-electron chi connectivity index (χ3n) is 2.60. The van der Waals surface area contributed by atoms with Gasteiger partial charge < -0.3 is 4.74 Å². The SMILES string of the molecule is COc1ccc(C=O)cc1Cn1cc(Cl)cnc1=O. The molecule has 1 heterocycles. The second kappa shape index (κ2) is 5.67. The maximum atomic E-state index is 11.6. The lowest BCUT2D eigenvalue weighted by atomic mass is 10.1. The van der Waals surface area contributed by atoms with Crippen molar-refractivity contribution in [3.63, 3.8) is 0 Å². The van der Waals surface area contributed by atoms with Gasteiger partial charge in [0.15, 0.2) is 0 Å². The van der Waals surface area contributed by atoms with Gasteiger partial charge in [-0.1, -0.05) is 11.6 Å². The molecule has 1 aromatic carbocycles. The number of rotatable bonds is 4. The lowest BCUT2D eigenvalue weighted by molar-refractivity contribution is 0.112. The van der Waals surface area contributed by atoms with Crippen LogP contribution in [0.25, 0.3) is 0 Å². The molecule has 0 aliphatic heterocycles. The molecule has 0 saturated heterocycles. The fourth-order valence-corrected chi connectivity index (χ4v) is 1.89. The molecule has 0 fully saturated rings. The first-order valence-electron chi connectivity index (χ1n) is 5.48. The maximum Gasteiger partial charge on any atom is 0.347 e. The zero-order valence-corrected chi connectivity index (χ0v) is 10.9. The van der Waals surface area contributed by atoms with Gasteiger partial charge >= 0.3 is 5.69 Å². The highest BCUT2D eigenvalue weighted by molar-refractivity contribution is 6.30. The minimum atomic E-state index is -0.414. The van der Waals surface area contributed by atoms with Crippen molar-refractivity contribution in [1.29, 1.82) is 0 Å². The number of nitrogens with zero attached hydrogens (tertiary/aromatic N) is 2. The minimum absolute atomic E-state index is 0.233. The van der Waals surface area contributed by atoms with Gasteiger partial charge in [0.2, 0.25) is 0 Å². The topological polar surface area (TPSA) is 61.2 Å². The second-order valence-corrected chi connectivity index (χ2v) is 4.31. The van der Waals surface area contributed by atoms with Gasteiger partial charge in [0, 0.05) is 17.3 Å². The van der Waals surface area contributed by atoms with E-state index in [1.54, 1.807) is 18.2 Å². The molecular weight excluding hydrogens is 268 g/mol. The standard InChI is InChI=1S/C13H11ClN2O3/c1-19-12-3-2-9(8-17)4-10(12)6-16-7-11(14)5-15-13(16)18/h2-5,7-8H,6H2,1H3. The van der Waals surface area contributed by atoms with Crippen LogP contribution in [0.5, 0.6) is 5.75 Å². The molecule has 2 aromatic rings. The molecule has 6 heteroatoms. The van der Waals surface area contributed by atoms with Gasteiger partial charge in [0.1, 0.15) is 12.0 Å². The first kappa shape index (κ1) is 13.3. The predicted molar refractivity (Wildman–Crippen MR) is 71.0 cm³/mol. The van der Waals surface area contributed by atoms with Gasteiger partial charge in [-0.25, -0.2) is 9.78 Å². The number of methoxy groups -OCH3 is 1. The fraction of sp³-hybridized carbons (Fsp3) is 0.154. The summed E-state index contributed by atoms with van der Waals surface area (Å²) in [6, 6.07) is 5.00. The molecule has 0 aliphatic carbocycles. The molecule has 0 radical (unpaired) electrons. The zero-order valence-electron chi connectivity index (χ0n) is 10.2. The van der Waals surface area contributed by atoms with E-state index >= 15 is 0 Å². The van der Waals surface area contributed by atoms with Crippen LogP contribution in [0, 0.1) is 0 Å². The number of carbonyl (C=O) groups is 1. The number of aromatic nitrogens is 2. The Kier molecular flexibility index (Phi) is 3.97. The Morgan fingerprint density at radius 3 is 2.95 bits per heavy atom. The van der Waals surface area contributed by atoms with Crippen LogP contribution < -0.4 is 10.4 Å². The normalized spacial score (nSPS) is 10.2. The molecular formula is C13H11ClN2O3. The lowest BCUT2D eigenvalue weighted by Gasteiger charge is -2.10. The Morgan fingerprint density at radius 2 is 2.26 bits per heavy atom. The number of ether oxygens (including phenoxy) is 1. The molecule has 19 heavy (non-hydrogen) atoms. The van der Waals surface area contributed by atoms with E-state index in [9.17, 15) is 9.59 Å². The number of aldehydes is 1. The average molecular weight is 279 g/mol. The van der Waals surface area contributed by atoms with E-state index in [4.69, 9.17) is 16.3 Å². The Labute approximate surface area is 114 Å². The lowest BCUT2D eigenvalue weighted by Crippen LogP contribution is -2.22. The molecule has 0 spiro atoms. The van der Waals surface area contributed by atoms with E-state index in [1.165, 1.54) is 24.1 Å². The van der Waals surface area contributed by atoms with Gasteiger partial charge in [-0.15, -0.1) is 0 Å². The first-order valence-corrected chi connectivity index (χ1v) is 5.86. The Bertz CT molecular complexity index is 667. The summed E-state index contributed by atoms with van der Waals surface area (Å²) in [6.45, 7) is 0.233. The second-order valence-electron chi connectivity index (χ2n) is 3.87. The molecule has 0 amide bonds. The Hall–Kier alpha value is -2.14. The van der Waals surface area contributed by atoms with Crippen LogP contribution in [0.1, 0.15) is 15.9 Å². The maximum absolute atomic E-state index is 11.6. The van der Waals surface area contributed by atoms with Crippen LogP contribution in [0.2, 0.25) is 5.02 Å². The van der Waals surface area contributed by atoms with Crippen molar-refractivity contribution >= 4 is 17.9 Å². The number of halogens is 1. The molecule has 98 valence electrons. The predicted octanol–water partition coefficient (Wildman–Crippen LogP) is 1.77. The molecule has 2 rings (SSSR count). The highest BCUT2D eigenvalue weighted by Crippen LogP contribution is 2.20. The third-order valence-corrected chi connectivity index (χ3v) is 2.80. The van der Waals surface area contributed by atoms with Crippen molar-refractivity contribution in [2.75, 3.05) is 7.11 Å². The first-order chi connectivity index (χ1) is 9.13. The van der Waals surface area contributed by atoms with Crippen molar-refractivity contribution in [2.45, 2.75) is 6.54 Å². The van der Waals surface area contributed by atoms with E-state index in [0.29, 0.717) is 21.9 Å². The molecule has 0 N–H and O–H groups in total. The summed E-state index contributed by atoms with van der Waals surface area (Å²) in [5, 5.41) is 0.366. The largest absolute Gasteiger partial charge is 0.496 e. The van der Waals surface area contributed by atoms with Crippen molar-refractivity contribution in [1.82, 2.24) is 9.55 Å². The summed E-state index contributed by atoms with van der Waals surface area (Å²) in [4.78, 5) is 26.0. The number of carbonyl (C=O) groups excluding carboxylic acids is 1. The molecule has 0 atom stereocenters. The third kappa shape index (κ3) is 3.00. The molecule has 0 unspecified atom stereocenters. The van der Waals surface area contributed by atoms with Gasteiger partial charge in [-0.3, -0.25) is 9.36 Å². The van der Waals surface area contributed by atoms with Crippen molar-refractivity contribution in [3.8, 4) is 5.75 Å². The number of hydrogen-bond acceptors (Lipinski definition) is 4. The van der Waals surface area contributed by atoms with E-state index in [0.717, 1.165) is 6.29 Å². The van der Waals surface area contributed by atoms with Crippen molar-refractivity contribution < 1.29 is 9.53 Å². The quantitative estimate of drug-likeness (QED) is 0.800. The Balaban J connectivity index is 2.44. The van der Waals surface area contributed by atoms with Gasteiger partial charge in [0.05, 0.1) is 24.9 Å². The van der Waals surface area contributed by atoms with Crippen LogP contribution in [0.15, 0.2) is 35.4 Å². The summed E-state index contributed by atoms with van der Waals surface area (Å²) in [6.07, 6.45) is 3.52. The number of benzene rings is 1.